The van der Waals surface area contributed by atoms with Crippen molar-refractivity contribution in [2.24, 2.45) is 12.8 Å². The fourth-order valence-corrected chi connectivity index (χ4v) is 3.11. The smallest absolute Gasteiger partial charge is 0.321 e. The summed E-state index contributed by atoms with van der Waals surface area (Å²) in [6.45, 7) is 1.30. The van der Waals surface area contributed by atoms with Gasteiger partial charge in [0.05, 0.1) is 7.11 Å². The number of amides is 1. The first kappa shape index (κ1) is 16.2. The molecule has 0 saturated heterocycles. The first-order valence-electron chi connectivity index (χ1n) is 5.77. The van der Waals surface area contributed by atoms with Crippen molar-refractivity contribution in [1.29, 1.82) is 0 Å². The van der Waals surface area contributed by atoms with Crippen molar-refractivity contribution in [3.63, 3.8) is 0 Å². The molecule has 8 nitrogen and oxygen atoms in total. The van der Waals surface area contributed by atoms with E-state index in [1.165, 1.54) is 31.0 Å². The summed E-state index contributed by atoms with van der Waals surface area (Å²) in [6.07, 6.45) is 1.27. The zero-order valence-corrected chi connectivity index (χ0v) is 12.3. The second-order valence-corrected chi connectivity index (χ2v) is 5.98. The molecule has 20 heavy (non-hydrogen) atoms. The van der Waals surface area contributed by atoms with Crippen LogP contribution in [-0.4, -0.2) is 49.4 Å². The van der Waals surface area contributed by atoms with Gasteiger partial charge in [0, 0.05) is 19.8 Å². The summed E-state index contributed by atoms with van der Waals surface area (Å²) in [7, 11) is -1.20. The van der Waals surface area contributed by atoms with Crippen LogP contribution in [0, 0.1) is 0 Å². The van der Waals surface area contributed by atoms with Crippen LogP contribution in [-0.2, 0) is 26.6 Å². The van der Waals surface area contributed by atoms with E-state index >= 15 is 0 Å². The zero-order valence-electron chi connectivity index (χ0n) is 11.5. The molecule has 1 heterocycles. The van der Waals surface area contributed by atoms with Gasteiger partial charge in [-0.15, -0.1) is 0 Å². The van der Waals surface area contributed by atoms with Crippen molar-refractivity contribution < 1.29 is 22.7 Å². The number of esters is 1. The van der Waals surface area contributed by atoms with E-state index in [4.69, 9.17) is 5.73 Å². The van der Waals surface area contributed by atoms with Gasteiger partial charge in [-0.25, -0.2) is 8.42 Å². The van der Waals surface area contributed by atoms with Crippen molar-refractivity contribution in [2.45, 2.75) is 11.8 Å². The minimum absolute atomic E-state index is 0.0673. The molecule has 0 atom stereocenters. The summed E-state index contributed by atoms with van der Waals surface area (Å²) in [5.74, 6) is -1.40. The normalized spacial score (nSPS) is 11.6. The predicted octanol–water partition coefficient (Wildman–Crippen LogP) is -0.692. The molecule has 0 unspecified atom stereocenters. The van der Waals surface area contributed by atoms with E-state index in [2.05, 4.69) is 4.74 Å². The molecule has 2 N–H and O–H groups in total. The minimum atomic E-state index is -3.89. The van der Waals surface area contributed by atoms with Crippen molar-refractivity contribution in [3.05, 3.63) is 18.0 Å². The van der Waals surface area contributed by atoms with Crippen molar-refractivity contribution in [1.82, 2.24) is 8.87 Å². The molecule has 0 aromatic carbocycles. The molecule has 0 saturated carbocycles. The number of rotatable bonds is 6. The first-order chi connectivity index (χ1) is 9.23. The Morgan fingerprint density at radius 3 is 2.45 bits per heavy atom. The number of ether oxygens (including phenoxy) is 1. The SMILES string of the molecule is CCN(CC(=O)OC)S(=O)(=O)c1cc(C(N)=O)n(C)c1. The van der Waals surface area contributed by atoms with Crippen molar-refractivity contribution in [2.75, 3.05) is 20.2 Å². The quantitative estimate of drug-likeness (QED) is 0.699. The van der Waals surface area contributed by atoms with Crippen LogP contribution in [0.25, 0.3) is 0 Å². The number of sulfonamides is 1. The molecule has 9 heteroatoms. The summed E-state index contributed by atoms with van der Waals surface area (Å²) in [5.41, 5.74) is 5.21. The second-order valence-electron chi connectivity index (χ2n) is 4.04. The maximum atomic E-state index is 12.4. The van der Waals surface area contributed by atoms with Gasteiger partial charge in [0.1, 0.15) is 17.1 Å². The van der Waals surface area contributed by atoms with Gasteiger partial charge < -0.3 is 15.0 Å². The van der Waals surface area contributed by atoms with Crippen LogP contribution >= 0.6 is 0 Å². The van der Waals surface area contributed by atoms with Gasteiger partial charge >= 0.3 is 5.97 Å². The number of hydrogen-bond acceptors (Lipinski definition) is 5. The van der Waals surface area contributed by atoms with E-state index < -0.39 is 28.4 Å². The van der Waals surface area contributed by atoms with Crippen LogP contribution in [0.2, 0.25) is 0 Å². The number of primary amides is 1. The highest BCUT2D eigenvalue weighted by Crippen LogP contribution is 2.18. The average molecular weight is 303 g/mol. The standard InChI is InChI=1S/C11H17N3O5S/c1-4-14(7-10(15)19-3)20(17,18)8-5-9(11(12)16)13(2)6-8/h5-6H,4,7H2,1-3H3,(H2,12,16). The summed E-state index contributed by atoms with van der Waals surface area (Å²) in [6, 6.07) is 1.18. The van der Waals surface area contributed by atoms with E-state index in [1.807, 2.05) is 0 Å². The Bertz CT molecular complexity index is 620. The van der Waals surface area contributed by atoms with Gasteiger partial charge in [0.2, 0.25) is 10.0 Å². The fraction of sp³-hybridized carbons (Fsp3) is 0.455. The van der Waals surface area contributed by atoms with E-state index in [9.17, 15) is 18.0 Å². The molecule has 0 aliphatic heterocycles. The van der Waals surface area contributed by atoms with Crippen LogP contribution < -0.4 is 5.73 Å². The summed E-state index contributed by atoms with van der Waals surface area (Å²) in [5, 5.41) is 0. The molecule has 0 fully saturated rings. The van der Waals surface area contributed by atoms with Crippen LogP contribution in [0.5, 0.6) is 0 Å². The Hall–Kier alpha value is -1.87. The largest absolute Gasteiger partial charge is 0.468 e. The molecule has 0 spiro atoms. The van der Waals surface area contributed by atoms with Crippen LogP contribution in [0.4, 0.5) is 0 Å². The molecule has 0 bridgehead atoms. The predicted molar refractivity (Wildman–Crippen MR) is 70.4 cm³/mol. The van der Waals surface area contributed by atoms with Gasteiger partial charge in [-0.05, 0) is 6.07 Å². The van der Waals surface area contributed by atoms with Gasteiger partial charge in [0.15, 0.2) is 0 Å². The summed E-state index contributed by atoms with van der Waals surface area (Å²) < 4.78 is 31.4. The molecule has 0 radical (unpaired) electrons. The molecule has 0 aliphatic carbocycles. The van der Waals surface area contributed by atoms with E-state index in [0.717, 1.165) is 4.31 Å². The number of aryl methyl sites for hydroxylation is 1. The molecule has 1 amide bonds. The number of likely N-dealkylation sites (N-methyl/N-ethyl adjacent to an activating group) is 1. The molecule has 0 aliphatic rings. The molecule has 1 aromatic rings. The van der Waals surface area contributed by atoms with Gasteiger partial charge in [-0.3, -0.25) is 9.59 Å². The number of nitrogens with two attached hydrogens (primary N) is 1. The highest BCUT2D eigenvalue weighted by atomic mass is 32.2. The van der Waals surface area contributed by atoms with Gasteiger partial charge in [0.25, 0.3) is 5.91 Å². The molecule has 1 rings (SSSR count). The van der Waals surface area contributed by atoms with Crippen LogP contribution in [0.3, 0.4) is 0 Å². The maximum Gasteiger partial charge on any atom is 0.321 e. The fourth-order valence-electron chi connectivity index (χ4n) is 1.64. The van der Waals surface area contributed by atoms with Crippen molar-refractivity contribution in [3.8, 4) is 0 Å². The Morgan fingerprint density at radius 2 is 2.05 bits per heavy atom. The number of nitrogens with zero attached hydrogens (tertiary/aromatic N) is 2. The Balaban J connectivity index is 3.17. The summed E-state index contributed by atoms with van der Waals surface area (Å²) >= 11 is 0. The average Bonchev–Trinajstić information content (AvgIpc) is 2.78. The number of aromatic nitrogens is 1. The minimum Gasteiger partial charge on any atom is -0.468 e. The monoisotopic (exact) mass is 303 g/mol. The number of carbonyl (C=O) groups excluding carboxylic acids is 2. The number of methoxy groups -OCH3 is 1. The third-order valence-corrected chi connectivity index (χ3v) is 4.64. The zero-order chi connectivity index (χ0) is 15.5. The van der Waals surface area contributed by atoms with E-state index in [0.29, 0.717) is 0 Å². The topological polar surface area (TPSA) is 112 Å². The Morgan fingerprint density at radius 1 is 1.45 bits per heavy atom. The lowest BCUT2D eigenvalue weighted by Gasteiger charge is -2.18. The number of carbonyl (C=O) groups is 2. The number of hydrogen-bond donors (Lipinski definition) is 1. The van der Waals surface area contributed by atoms with Gasteiger partial charge in [-0.1, -0.05) is 6.92 Å². The lowest BCUT2D eigenvalue weighted by atomic mass is 10.4. The Labute approximate surface area is 117 Å². The van der Waals surface area contributed by atoms with Crippen molar-refractivity contribution >= 4 is 21.9 Å². The first-order valence-corrected chi connectivity index (χ1v) is 7.21. The lowest BCUT2D eigenvalue weighted by molar-refractivity contribution is -0.140. The highest BCUT2D eigenvalue weighted by molar-refractivity contribution is 7.89. The third kappa shape index (κ3) is 3.17. The van der Waals surface area contributed by atoms with Crippen LogP contribution in [0.15, 0.2) is 17.2 Å². The molecular weight excluding hydrogens is 286 g/mol. The van der Waals surface area contributed by atoms with Crippen LogP contribution in [0.1, 0.15) is 17.4 Å². The van der Waals surface area contributed by atoms with E-state index in [1.54, 1.807) is 6.92 Å². The van der Waals surface area contributed by atoms with E-state index in [-0.39, 0.29) is 17.1 Å². The highest BCUT2D eigenvalue weighted by Gasteiger charge is 2.27. The van der Waals surface area contributed by atoms with Gasteiger partial charge in [-0.2, -0.15) is 4.31 Å². The Kier molecular flexibility index (Phi) is 4.90. The third-order valence-electron chi connectivity index (χ3n) is 2.76. The lowest BCUT2D eigenvalue weighted by Crippen LogP contribution is -2.35. The molecular formula is C11H17N3O5S. The molecule has 112 valence electrons. The second kappa shape index (κ2) is 6.06. The maximum absolute atomic E-state index is 12.4. The summed E-state index contributed by atoms with van der Waals surface area (Å²) in [4.78, 5) is 22.3. The molecule has 1 aromatic heterocycles.